The van der Waals surface area contributed by atoms with Crippen molar-refractivity contribution in [3.05, 3.63) is 120 Å². The topological polar surface area (TPSA) is 88.2 Å². The second kappa shape index (κ2) is 10.0. The molecule has 5 heteroatoms. The van der Waals surface area contributed by atoms with Crippen molar-refractivity contribution < 1.29 is 9.90 Å². The average Bonchev–Trinajstić information content (AvgIpc) is 2.86. The highest BCUT2D eigenvalue weighted by molar-refractivity contribution is 5.96. The number of aliphatic hydroxyl groups excluding tert-OH is 1. The Labute approximate surface area is 187 Å². The summed E-state index contributed by atoms with van der Waals surface area (Å²) in [5.41, 5.74) is 11.7. The summed E-state index contributed by atoms with van der Waals surface area (Å²) < 4.78 is 0. The number of anilines is 1. The van der Waals surface area contributed by atoms with E-state index in [0.717, 1.165) is 27.8 Å². The summed E-state index contributed by atoms with van der Waals surface area (Å²) in [6.45, 7) is -0.0864. The Balaban J connectivity index is 1.54. The van der Waals surface area contributed by atoms with E-state index in [0.29, 0.717) is 5.69 Å². The fourth-order valence-electron chi connectivity index (χ4n) is 3.87. The highest BCUT2D eigenvalue weighted by atomic mass is 16.3. The molecule has 0 spiro atoms. The van der Waals surface area contributed by atoms with Crippen molar-refractivity contribution in [2.24, 2.45) is 5.73 Å². The molecule has 4 N–H and O–H groups in total. The van der Waals surface area contributed by atoms with E-state index in [4.69, 9.17) is 5.73 Å². The molecule has 1 amide bonds. The van der Waals surface area contributed by atoms with Gasteiger partial charge in [0.2, 0.25) is 5.91 Å². The fraction of sp³-hybridized carbons (Fsp3) is 0.111. The van der Waals surface area contributed by atoms with Gasteiger partial charge in [-0.05, 0) is 40.5 Å². The molecule has 0 unspecified atom stereocenters. The molecule has 1 heterocycles. The van der Waals surface area contributed by atoms with Crippen molar-refractivity contribution in [3.63, 3.8) is 0 Å². The van der Waals surface area contributed by atoms with Crippen LogP contribution in [0.4, 0.5) is 5.69 Å². The summed E-state index contributed by atoms with van der Waals surface area (Å²) in [5.74, 6) is -0.518. The van der Waals surface area contributed by atoms with Gasteiger partial charge in [0.15, 0.2) is 0 Å². The number of nitrogens with two attached hydrogens (primary N) is 1. The predicted molar refractivity (Wildman–Crippen MR) is 127 cm³/mol. The predicted octanol–water partition coefficient (Wildman–Crippen LogP) is 4.34. The minimum Gasteiger partial charge on any atom is -0.392 e. The molecule has 0 bridgehead atoms. The van der Waals surface area contributed by atoms with Crippen LogP contribution in [0, 0.1) is 0 Å². The van der Waals surface area contributed by atoms with Crippen LogP contribution < -0.4 is 11.1 Å². The molecule has 1 atom stereocenters. The Morgan fingerprint density at radius 1 is 0.875 bits per heavy atom. The molecule has 0 aliphatic carbocycles. The van der Waals surface area contributed by atoms with Crippen LogP contribution in [0.25, 0.3) is 11.1 Å². The van der Waals surface area contributed by atoms with Crippen molar-refractivity contribution >= 4 is 11.6 Å². The molecule has 4 aromatic rings. The molecule has 1 aromatic heterocycles. The van der Waals surface area contributed by atoms with Crippen molar-refractivity contribution in [3.8, 4) is 11.1 Å². The van der Waals surface area contributed by atoms with Gasteiger partial charge in [-0.25, -0.2) is 0 Å². The third-order valence-electron chi connectivity index (χ3n) is 5.52. The molecule has 0 aliphatic heterocycles. The summed E-state index contributed by atoms with van der Waals surface area (Å²) in [4.78, 5) is 17.1. The molecule has 0 fully saturated rings. The van der Waals surface area contributed by atoms with Gasteiger partial charge >= 0.3 is 0 Å². The van der Waals surface area contributed by atoms with Crippen LogP contribution in [0.2, 0.25) is 0 Å². The van der Waals surface area contributed by atoms with Gasteiger partial charge in [-0.3, -0.25) is 9.78 Å². The van der Waals surface area contributed by atoms with Gasteiger partial charge in [-0.2, -0.15) is 0 Å². The van der Waals surface area contributed by atoms with E-state index in [-0.39, 0.29) is 18.4 Å². The maximum Gasteiger partial charge on any atom is 0.242 e. The zero-order chi connectivity index (χ0) is 22.3. The van der Waals surface area contributed by atoms with E-state index >= 15 is 0 Å². The number of hydrogen-bond donors (Lipinski definition) is 3. The van der Waals surface area contributed by atoms with Crippen LogP contribution >= 0.6 is 0 Å². The van der Waals surface area contributed by atoms with Gasteiger partial charge in [0, 0.05) is 29.6 Å². The quantitative estimate of drug-likeness (QED) is 0.413. The van der Waals surface area contributed by atoms with E-state index in [1.807, 2.05) is 91.0 Å². The Kier molecular flexibility index (Phi) is 6.70. The SMILES string of the molecule is N[C@H](C(=O)Nc1ccc(-c2ccncc2CO)cc1)C(c1ccccc1)c1ccccc1. The lowest BCUT2D eigenvalue weighted by Gasteiger charge is -2.24. The van der Waals surface area contributed by atoms with Crippen LogP contribution in [0.3, 0.4) is 0 Å². The van der Waals surface area contributed by atoms with E-state index < -0.39 is 6.04 Å². The number of pyridine rings is 1. The van der Waals surface area contributed by atoms with E-state index in [1.54, 1.807) is 12.4 Å². The summed E-state index contributed by atoms with van der Waals surface area (Å²) in [7, 11) is 0. The van der Waals surface area contributed by atoms with Crippen molar-refractivity contribution in [1.29, 1.82) is 0 Å². The summed E-state index contributed by atoms with van der Waals surface area (Å²) in [5, 5.41) is 12.5. The molecule has 5 nitrogen and oxygen atoms in total. The fourth-order valence-corrected chi connectivity index (χ4v) is 3.87. The Morgan fingerprint density at radius 2 is 1.47 bits per heavy atom. The molecule has 32 heavy (non-hydrogen) atoms. The first kappa shape index (κ1) is 21.4. The largest absolute Gasteiger partial charge is 0.392 e. The van der Waals surface area contributed by atoms with Crippen LogP contribution in [0.5, 0.6) is 0 Å². The van der Waals surface area contributed by atoms with Gasteiger partial charge in [0.05, 0.1) is 12.6 Å². The highest BCUT2D eigenvalue weighted by Gasteiger charge is 2.27. The normalized spacial score (nSPS) is 11.8. The van der Waals surface area contributed by atoms with E-state index in [1.165, 1.54) is 0 Å². The van der Waals surface area contributed by atoms with Crippen molar-refractivity contribution in [2.75, 3.05) is 5.32 Å². The third kappa shape index (κ3) is 4.75. The van der Waals surface area contributed by atoms with Gasteiger partial charge in [-0.1, -0.05) is 72.8 Å². The summed E-state index contributed by atoms with van der Waals surface area (Å²) in [6.07, 6.45) is 3.34. The number of aliphatic hydroxyl groups is 1. The molecule has 0 saturated heterocycles. The second-order valence-electron chi connectivity index (χ2n) is 7.58. The van der Waals surface area contributed by atoms with Crippen LogP contribution in [0.15, 0.2) is 103 Å². The Hall–Kier alpha value is -3.80. The van der Waals surface area contributed by atoms with Gasteiger partial charge in [0.25, 0.3) is 0 Å². The number of carbonyl (C=O) groups excluding carboxylic acids is 1. The lowest BCUT2D eigenvalue weighted by atomic mass is 9.85. The first-order valence-electron chi connectivity index (χ1n) is 10.5. The Morgan fingerprint density at radius 3 is 2.03 bits per heavy atom. The Bertz CT molecular complexity index is 1120. The molecule has 0 aliphatic rings. The van der Waals surface area contributed by atoms with Gasteiger partial charge in [-0.15, -0.1) is 0 Å². The highest BCUT2D eigenvalue weighted by Crippen LogP contribution is 2.28. The first-order chi connectivity index (χ1) is 15.7. The summed E-state index contributed by atoms with van der Waals surface area (Å²) >= 11 is 0. The number of aromatic nitrogens is 1. The average molecular weight is 424 g/mol. The minimum absolute atomic E-state index is 0.0864. The maximum atomic E-state index is 13.1. The number of nitrogens with one attached hydrogen (secondary N) is 1. The van der Waals surface area contributed by atoms with Gasteiger partial charge in [0.1, 0.15) is 0 Å². The number of amides is 1. The maximum absolute atomic E-state index is 13.1. The standard InChI is InChI=1S/C27H25N3O2/c28-26(25(20-7-3-1-4-8-20)21-9-5-2-6-10-21)27(32)30-23-13-11-19(12-14-23)24-15-16-29-17-22(24)18-31/h1-17,25-26,31H,18,28H2,(H,30,32)/t26-/m0/s1. The number of carbonyl (C=O) groups is 1. The van der Waals surface area contributed by atoms with Gasteiger partial charge < -0.3 is 16.2 Å². The van der Waals surface area contributed by atoms with Crippen LogP contribution in [-0.4, -0.2) is 22.0 Å². The monoisotopic (exact) mass is 423 g/mol. The molecule has 160 valence electrons. The first-order valence-corrected chi connectivity index (χ1v) is 10.5. The number of hydrogen-bond acceptors (Lipinski definition) is 4. The third-order valence-corrected chi connectivity index (χ3v) is 5.52. The number of nitrogens with zero attached hydrogens (tertiary/aromatic N) is 1. The zero-order valence-corrected chi connectivity index (χ0v) is 17.6. The lowest BCUT2D eigenvalue weighted by Crippen LogP contribution is -2.41. The molecular formula is C27H25N3O2. The molecule has 4 rings (SSSR count). The molecular weight excluding hydrogens is 398 g/mol. The number of rotatable bonds is 7. The van der Waals surface area contributed by atoms with Crippen molar-refractivity contribution in [2.45, 2.75) is 18.6 Å². The minimum atomic E-state index is -0.763. The number of benzene rings is 3. The summed E-state index contributed by atoms with van der Waals surface area (Å²) in [6, 6.07) is 28.3. The smallest absolute Gasteiger partial charge is 0.242 e. The lowest BCUT2D eigenvalue weighted by molar-refractivity contribution is -0.117. The molecule has 0 saturated carbocycles. The molecule has 0 radical (unpaired) electrons. The second-order valence-corrected chi connectivity index (χ2v) is 7.58. The van der Waals surface area contributed by atoms with Crippen LogP contribution in [0.1, 0.15) is 22.6 Å². The zero-order valence-electron chi connectivity index (χ0n) is 17.6. The van der Waals surface area contributed by atoms with Crippen molar-refractivity contribution in [1.82, 2.24) is 4.98 Å². The van der Waals surface area contributed by atoms with Crippen LogP contribution in [-0.2, 0) is 11.4 Å². The molecule has 3 aromatic carbocycles. The van der Waals surface area contributed by atoms with E-state index in [2.05, 4.69) is 10.3 Å². The van der Waals surface area contributed by atoms with E-state index in [9.17, 15) is 9.90 Å².